The van der Waals surface area contributed by atoms with E-state index in [4.69, 9.17) is 9.47 Å². The van der Waals surface area contributed by atoms with Crippen molar-refractivity contribution in [3.05, 3.63) is 83.2 Å². The SMILES string of the molecule is COc1ccc([Si](C)(C)[C@H]2[C@H](CCn3cc(CCO)nn3)O[C@@]3(C(=O)N(C/C=C(\C)CCC=C(C)C)c4ccc(NC(=O)C5CCCNC5)cc43)[C@@H]2C)cc1. The molecule has 1 aromatic heterocycles. The summed E-state index contributed by atoms with van der Waals surface area (Å²) in [4.78, 5) is 30.7. The predicted molar refractivity (Wildman–Crippen MR) is 220 cm³/mol. The second kappa shape index (κ2) is 17.4. The van der Waals surface area contributed by atoms with E-state index in [2.05, 4.69) is 86.0 Å². The van der Waals surface area contributed by atoms with E-state index in [9.17, 15) is 9.90 Å². The number of nitrogens with zero attached hydrogens (tertiary/aromatic N) is 4. The average Bonchev–Trinajstić information content (AvgIpc) is 3.82. The Morgan fingerprint density at radius 2 is 1.95 bits per heavy atom. The molecule has 0 radical (unpaired) electrons. The summed E-state index contributed by atoms with van der Waals surface area (Å²) in [7, 11) is -0.689. The van der Waals surface area contributed by atoms with Crippen molar-refractivity contribution in [1.82, 2.24) is 20.3 Å². The highest BCUT2D eigenvalue weighted by Gasteiger charge is 2.66. The third-order valence-electron chi connectivity index (χ3n) is 12.1. The summed E-state index contributed by atoms with van der Waals surface area (Å²) in [5.74, 6) is 0.459. The molecule has 55 heavy (non-hydrogen) atoms. The predicted octanol–water partition coefficient (Wildman–Crippen LogP) is 6.11. The molecule has 5 atom stereocenters. The van der Waals surface area contributed by atoms with Crippen LogP contribution in [-0.2, 0) is 32.9 Å². The number of allylic oxidation sites excluding steroid dienone is 3. The van der Waals surface area contributed by atoms with Gasteiger partial charge in [0, 0.05) is 56.0 Å². The van der Waals surface area contributed by atoms with Gasteiger partial charge in [-0.05, 0) is 95.3 Å². The highest BCUT2D eigenvalue weighted by molar-refractivity contribution is 6.91. The summed E-state index contributed by atoms with van der Waals surface area (Å²) in [6.45, 7) is 15.9. The maximum Gasteiger partial charge on any atom is 0.264 e. The largest absolute Gasteiger partial charge is 0.497 e. The number of fused-ring (bicyclic) bond motifs is 2. The van der Waals surface area contributed by atoms with Gasteiger partial charge in [-0.25, -0.2) is 0 Å². The number of methoxy groups -OCH3 is 1. The van der Waals surface area contributed by atoms with E-state index in [-0.39, 0.29) is 41.9 Å². The molecular formula is C43H60N6O5Si. The molecule has 2 saturated heterocycles. The van der Waals surface area contributed by atoms with Crippen molar-refractivity contribution in [1.29, 1.82) is 0 Å². The lowest BCUT2D eigenvalue weighted by Crippen LogP contribution is -2.52. The van der Waals surface area contributed by atoms with Crippen LogP contribution in [0.1, 0.15) is 71.1 Å². The number of ether oxygens (including phenoxy) is 2. The molecule has 1 spiro atoms. The first-order chi connectivity index (χ1) is 26.4. The molecule has 0 aliphatic carbocycles. The van der Waals surface area contributed by atoms with Crippen LogP contribution < -0.4 is 25.5 Å². The Hall–Kier alpha value is -4.10. The molecule has 3 N–H and O–H groups in total. The maximum atomic E-state index is 15.3. The zero-order valence-electron chi connectivity index (χ0n) is 33.7. The van der Waals surface area contributed by atoms with Crippen molar-refractivity contribution in [3.63, 3.8) is 0 Å². The first-order valence-corrected chi connectivity index (χ1v) is 23.1. The molecule has 2 aromatic carbocycles. The van der Waals surface area contributed by atoms with Crippen LogP contribution in [0.15, 0.2) is 72.0 Å². The van der Waals surface area contributed by atoms with Gasteiger partial charge in [-0.15, -0.1) is 5.10 Å². The van der Waals surface area contributed by atoms with Gasteiger partial charge in [-0.3, -0.25) is 14.3 Å². The molecule has 0 bridgehead atoms. The van der Waals surface area contributed by atoms with E-state index in [0.29, 0.717) is 38.2 Å². The smallest absolute Gasteiger partial charge is 0.264 e. The molecule has 4 heterocycles. The van der Waals surface area contributed by atoms with Gasteiger partial charge in [0.05, 0.1) is 38.6 Å². The highest BCUT2D eigenvalue weighted by atomic mass is 28.3. The number of aliphatic hydroxyl groups excluding tert-OH is 1. The number of carbonyl (C=O) groups is 2. The lowest BCUT2D eigenvalue weighted by Gasteiger charge is -2.37. The Labute approximate surface area is 327 Å². The van der Waals surface area contributed by atoms with Gasteiger partial charge in [0.1, 0.15) is 5.75 Å². The number of aromatic nitrogens is 3. The van der Waals surface area contributed by atoms with Gasteiger partial charge < -0.3 is 30.1 Å². The van der Waals surface area contributed by atoms with Crippen LogP contribution in [0.3, 0.4) is 0 Å². The van der Waals surface area contributed by atoms with E-state index < -0.39 is 13.7 Å². The van der Waals surface area contributed by atoms with Crippen molar-refractivity contribution in [2.45, 2.75) is 103 Å². The van der Waals surface area contributed by atoms with Gasteiger partial charge >= 0.3 is 0 Å². The number of piperidine rings is 1. The minimum absolute atomic E-state index is 0.00473. The first kappa shape index (κ1) is 40.6. The Morgan fingerprint density at radius 3 is 2.64 bits per heavy atom. The van der Waals surface area contributed by atoms with Crippen LogP contribution in [0.4, 0.5) is 11.4 Å². The lowest BCUT2D eigenvalue weighted by molar-refractivity contribution is -0.145. The molecule has 11 nitrogen and oxygen atoms in total. The molecule has 0 saturated carbocycles. The lowest BCUT2D eigenvalue weighted by atomic mass is 9.82. The molecule has 1 unspecified atom stereocenters. The molecule has 3 aliphatic heterocycles. The molecule has 12 heteroatoms. The van der Waals surface area contributed by atoms with Crippen molar-refractivity contribution >= 4 is 36.4 Å². The topological polar surface area (TPSA) is 131 Å². The molecule has 2 amide bonds. The zero-order chi connectivity index (χ0) is 39.3. The number of anilines is 2. The number of benzene rings is 2. The minimum Gasteiger partial charge on any atom is -0.497 e. The maximum absolute atomic E-state index is 15.3. The number of aryl methyl sites for hydroxylation is 1. The molecular weight excluding hydrogens is 709 g/mol. The zero-order valence-corrected chi connectivity index (χ0v) is 34.7. The number of aliphatic hydroxyl groups is 1. The third-order valence-corrected chi connectivity index (χ3v) is 16.4. The van der Waals surface area contributed by atoms with E-state index >= 15 is 4.79 Å². The number of hydrogen-bond acceptors (Lipinski definition) is 8. The summed E-state index contributed by atoms with van der Waals surface area (Å²) < 4.78 is 14.7. The average molecular weight is 769 g/mol. The number of carbonyl (C=O) groups excluding carboxylic acids is 2. The van der Waals surface area contributed by atoms with Gasteiger partial charge in [-0.1, -0.05) is 65.8 Å². The normalized spacial score (nSPS) is 24.0. The monoisotopic (exact) mass is 768 g/mol. The quantitative estimate of drug-likeness (QED) is 0.125. The van der Waals surface area contributed by atoms with E-state index in [1.807, 2.05) is 46.1 Å². The Balaban J connectivity index is 1.40. The fourth-order valence-corrected chi connectivity index (χ4v) is 13.1. The second-order valence-electron chi connectivity index (χ2n) is 16.4. The van der Waals surface area contributed by atoms with Crippen molar-refractivity contribution in [2.75, 3.05) is 43.6 Å². The number of hydrogen-bond donors (Lipinski definition) is 3. The Morgan fingerprint density at radius 1 is 1.16 bits per heavy atom. The number of amides is 2. The second-order valence-corrected chi connectivity index (χ2v) is 21.1. The highest BCUT2D eigenvalue weighted by Crippen LogP contribution is 2.60. The molecule has 296 valence electrons. The standard InChI is InChI=1S/C43H60N6O5Si/c1-29(2)10-8-11-30(3)19-24-49-38-18-13-33(45-41(51)32-12-9-22-44-27-32)26-37(38)43(42(49)52)31(4)40(55(6,7)36-16-14-35(53-5)15-17-36)39(54-43)20-23-48-28-34(21-25-50)46-47-48/h10,13-19,26,28,31-32,39-40,44,50H,8-9,11-12,20-25,27H2,1-7H3,(H,45,51)/b30-19+/t31-,32?,39+,40-,43+/m1/s1. The van der Waals surface area contributed by atoms with Crippen molar-refractivity contribution in [2.24, 2.45) is 11.8 Å². The minimum atomic E-state index is -2.37. The van der Waals surface area contributed by atoms with Gasteiger partial charge in [-0.2, -0.15) is 0 Å². The van der Waals surface area contributed by atoms with Crippen LogP contribution in [0, 0.1) is 11.8 Å². The summed E-state index contributed by atoms with van der Waals surface area (Å²) in [5, 5.41) is 25.9. The molecule has 6 rings (SSSR count). The Bertz CT molecular complexity index is 1880. The molecule has 3 aromatic rings. The fourth-order valence-electron chi connectivity index (χ4n) is 9.04. The summed E-state index contributed by atoms with van der Waals surface area (Å²) in [6, 6.07) is 14.3. The fraction of sp³-hybridized carbons (Fsp3) is 0.535. The van der Waals surface area contributed by atoms with Gasteiger partial charge in [0.15, 0.2) is 5.60 Å². The number of nitrogens with one attached hydrogen (secondary N) is 2. The van der Waals surface area contributed by atoms with Gasteiger partial charge in [0.25, 0.3) is 5.91 Å². The van der Waals surface area contributed by atoms with Crippen LogP contribution in [-0.4, -0.2) is 79.4 Å². The van der Waals surface area contributed by atoms with Crippen LogP contribution in [0.2, 0.25) is 18.6 Å². The van der Waals surface area contributed by atoms with Crippen LogP contribution in [0.25, 0.3) is 0 Å². The first-order valence-electron chi connectivity index (χ1n) is 20.0. The van der Waals surface area contributed by atoms with Crippen LogP contribution >= 0.6 is 0 Å². The van der Waals surface area contributed by atoms with Crippen LogP contribution in [0.5, 0.6) is 5.75 Å². The van der Waals surface area contributed by atoms with Crippen molar-refractivity contribution in [3.8, 4) is 5.75 Å². The van der Waals surface area contributed by atoms with Gasteiger partial charge in [0.2, 0.25) is 5.91 Å². The van der Waals surface area contributed by atoms with E-state index in [0.717, 1.165) is 54.9 Å². The van der Waals surface area contributed by atoms with E-state index in [1.54, 1.807) is 7.11 Å². The van der Waals surface area contributed by atoms with Crippen molar-refractivity contribution < 1.29 is 24.2 Å². The van der Waals surface area contributed by atoms with E-state index in [1.165, 1.54) is 16.3 Å². The molecule has 2 fully saturated rings. The third kappa shape index (κ3) is 8.52. The summed E-state index contributed by atoms with van der Waals surface area (Å²) in [6.07, 6.45) is 10.8. The summed E-state index contributed by atoms with van der Waals surface area (Å²) >= 11 is 0. The molecule has 3 aliphatic rings. The Kier molecular flexibility index (Phi) is 12.8. The number of rotatable bonds is 15. The summed E-state index contributed by atoms with van der Waals surface area (Å²) in [5.41, 5.74) is 4.40.